The van der Waals surface area contributed by atoms with E-state index in [-0.39, 0.29) is 12.8 Å². The molecule has 3 unspecified atom stereocenters. The lowest BCUT2D eigenvalue weighted by atomic mass is 9.84. The van der Waals surface area contributed by atoms with Crippen LogP contribution in [0.1, 0.15) is 63.5 Å². The van der Waals surface area contributed by atoms with Gasteiger partial charge in [-0.05, 0) is 36.5 Å². The zero-order valence-electron chi connectivity index (χ0n) is 22.6. The van der Waals surface area contributed by atoms with Gasteiger partial charge in [0.2, 0.25) is 0 Å². The van der Waals surface area contributed by atoms with Crippen LogP contribution in [0.4, 0.5) is 14.5 Å². The van der Waals surface area contributed by atoms with Crippen molar-refractivity contribution in [1.82, 2.24) is 9.80 Å². The third-order valence-electron chi connectivity index (χ3n) is 7.97. The first-order valence-corrected chi connectivity index (χ1v) is 13.6. The predicted molar refractivity (Wildman–Crippen MR) is 150 cm³/mol. The molecule has 0 aliphatic carbocycles. The van der Waals surface area contributed by atoms with E-state index in [0.717, 1.165) is 51.1 Å². The average molecular weight is 501 g/mol. The Labute approximate surface area is 217 Å². The van der Waals surface area contributed by atoms with Crippen molar-refractivity contribution in [2.24, 2.45) is 11.7 Å². The van der Waals surface area contributed by atoms with E-state index in [1.54, 1.807) is 0 Å². The van der Waals surface area contributed by atoms with Gasteiger partial charge in [0.15, 0.2) is 0 Å². The van der Waals surface area contributed by atoms with Gasteiger partial charge < -0.3 is 15.5 Å². The predicted octanol–water partition coefficient (Wildman–Crippen LogP) is 6.12. The number of nitrogens with zero attached hydrogens (tertiary/aromatic N) is 3. The molecule has 0 saturated carbocycles. The lowest BCUT2D eigenvalue weighted by Crippen LogP contribution is -2.46. The second kappa shape index (κ2) is 12.9. The Morgan fingerprint density at radius 1 is 1.25 bits per heavy atom. The van der Waals surface area contributed by atoms with Crippen LogP contribution >= 0.6 is 0 Å². The number of alkyl halides is 2. The summed E-state index contributed by atoms with van der Waals surface area (Å²) in [5, 5.41) is 0. The Morgan fingerprint density at radius 3 is 2.56 bits per heavy atom. The zero-order valence-corrected chi connectivity index (χ0v) is 22.6. The molecular formula is C30H46F2N4. The van der Waals surface area contributed by atoms with Crippen molar-refractivity contribution in [3.63, 3.8) is 0 Å². The van der Waals surface area contributed by atoms with Crippen molar-refractivity contribution >= 4 is 11.4 Å². The van der Waals surface area contributed by atoms with Gasteiger partial charge in [-0.3, -0.25) is 4.90 Å². The summed E-state index contributed by atoms with van der Waals surface area (Å²) in [5.74, 6) is -1.70. The molecule has 3 rings (SSSR count). The molecule has 1 aromatic rings. The highest BCUT2D eigenvalue weighted by molar-refractivity contribution is 5.71. The fourth-order valence-electron chi connectivity index (χ4n) is 5.75. The average Bonchev–Trinajstić information content (AvgIpc) is 3.16. The molecule has 1 aromatic carbocycles. The van der Waals surface area contributed by atoms with Crippen molar-refractivity contribution in [2.75, 3.05) is 50.7 Å². The highest BCUT2D eigenvalue weighted by Crippen LogP contribution is 2.46. The van der Waals surface area contributed by atoms with Gasteiger partial charge in [0.25, 0.3) is 5.92 Å². The summed E-state index contributed by atoms with van der Waals surface area (Å²) in [6.45, 7) is 20.0. The van der Waals surface area contributed by atoms with Gasteiger partial charge in [0.05, 0.1) is 0 Å². The van der Waals surface area contributed by atoms with Crippen LogP contribution in [0.2, 0.25) is 0 Å². The van der Waals surface area contributed by atoms with E-state index in [2.05, 4.69) is 78.1 Å². The van der Waals surface area contributed by atoms with Crippen LogP contribution in [-0.4, -0.2) is 67.6 Å². The summed E-state index contributed by atoms with van der Waals surface area (Å²) in [4.78, 5) is 7.20. The molecule has 2 heterocycles. The smallest absolute Gasteiger partial charge is 0.250 e. The molecule has 6 heteroatoms. The molecule has 0 spiro atoms. The molecule has 0 bridgehead atoms. The Morgan fingerprint density at radius 2 is 1.94 bits per heavy atom. The van der Waals surface area contributed by atoms with E-state index in [1.165, 1.54) is 11.3 Å². The number of hydrogen-bond donors (Lipinski definition) is 1. The van der Waals surface area contributed by atoms with Crippen molar-refractivity contribution in [3.05, 3.63) is 60.7 Å². The number of allylic oxidation sites excluding steroid dienone is 1. The van der Waals surface area contributed by atoms with Crippen molar-refractivity contribution in [1.29, 1.82) is 0 Å². The van der Waals surface area contributed by atoms with E-state index >= 15 is 0 Å². The number of anilines is 1. The minimum absolute atomic E-state index is 0.0267. The van der Waals surface area contributed by atoms with Gasteiger partial charge in [-0.1, -0.05) is 57.2 Å². The first-order valence-electron chi connectivity index (χ1n) is 13.6. The fourth-order valence-corrected chi connectivity index (χ4v) is 5.75. The van der Waals surface area contributed by atoms with Gasteiger partial charge in [-0.15, -0.1) is 6.58 Å². The highest BCUT2D eigenvalue weighted by Gasteiger charge is 2.40. The summed E-state index contributed by atoms with van der Waals surface area (Å²) >= 11 is 0. The van der Waals surface area contributed by atoms with E-state index in [4.69, 9.17) is 5.73 Å². The molecule has 2 aliphatic rings. The van der Waals surface area contributed by atoms with E-state index in [9.17, 15) is 8.78 Å². The lowest BCUT2D eigenvalue weighted by molar-refractivity contribution is -0.0558. The maximum atomic E-state index is 13.6. The first kappa shape index (κ1) is 28.4. The molecule has 0 radical (unpaired) electrons. The number of piperidine rings is 1. The number of fused-ring (bicyclic) bond motifs is 1. The number of nitrogens with two attached hydrogens (primary N) is 1. The molecule has 36 heavy (non-hydrogen) atoms. The standard InChI is InChI=1S/C30H46F2N4/c1-6-9-15-34(18-19-35-16-13-30(31,32)14-17-35)20-21-36-28-22-25(24(5)33)11-12-26(28)27(10-7-2)29(36)23(4)8-3/h6,8-9,11-12,22-23,27,29H,3,5,7,10,13-21,33H2,1-2,4H3/b9-6-. The van der Waals surface area contributed by atoms with Crippen LogP contribution in [-0.2, 0) is 0 Å². The zero-order chi connectivity index (χ0) is 26.3. The van der Waals surface area contributed by atoms with Gasteiger partial charge >= 0.3 is 0 Å². The van der Waals surface area contributed by atoms with E-state index < -0.39 is 5.92 Å². The number of rotatable bonds is 13. The fraction of sp³-hybridized carbons (Fsp3) is 0.600. The third kappa shape index (κ3) is 6.98. The minimum Gasteiger partial charge on any atom is -0.399 e. The summed E-state index contributed by atoms with van der Waals surface area (Å²) in [6, 6.07) is 6.91. The summed E-state index contributed by atoms with van der Waals surface area (Å²) in [7, 11) is 0. The molecule has 200 valence electrons. The first-order chi connectivity index (χ1) is 17.2. The molecule has 3 atom stereocenters. The van der Waals surface area contributed by atoms with Crippen LogP contribution in [0.3, 0.4) is 0 Å². The topological polar surface area (TPSA) is 35.7 Å². The molecule has 4 nitrogen and oxygen atoms in total. The van der Waals surface area contributed by atoms with Gasteiger partial charge in [-0.2, -0.15) is 0 Å². The molecule has 0 amide bonds. The number of benzene rings is 1. The van der Waals surface area contributed by atoms with E-state index in [0.29, 0.717) is 36.7 Å². The SMILES string of the molecule is C=CC(C)C1C(CCC)c2ccc(C(=C)N)cc2N1CCN(C/C=C\C)CCN1CCC(F)(F)CC1. The summed E-state index contributed by atoms with van der Waals surface area (Å²) in [5.41, 5.74) is 10.3. The largest absolute Gasteiger partial charge is 0.399 e. The molecule has 2 N–H and O–H groups in total. The molecule has 0 aromatic heterocycles. The maximum absolute atomic E-state index is 13.6. The van der Waals surface area contributed by atoms with Crippen LogP contribution in [0.15, 0.2) is 49.6 Å². The second-order valence-electron chi connectivity index (χ2n) is 10.5. The Bertz CT molecular complexity index is 902. The van der Waals surface area contributed by atoms with E-state index in [1.807, 2.05) is 6.92 Å². The van der Waals surface area contributed by atoms with Crippen LogP contribution in [0.25, 0.3) is 5.70 Å². The highest BCUT2D eigenvalue weighted by atomic mass is 19.3. The lowest BCUT2D eigenvalue weighted by Gasteiger charge is -2.36. The quantitative estimate of drug-likeness (QED) is 0.331. The summed E-state index contributed by atoms with van der Waals surface area (Å²) < 4.78 is 27.2. The van der Waals surface area contributed by atoms with Crippen LogP contribution in [0.5, 0.6) is 0 Å². The van der Waals surface area contributed by atoms with Gasteiger partial charge in [0, 0.05) is 82.0 Å². The van der Waals surface area contributed by atoms with Gasteiger partial charge in [0.1, 0.15) is 0 Å². The monoisotopic (exact) mass is 500 g/mol. The number of halogens is 2. The minimum atomic E-state index is -2.50. The maximum Gasteiger partial charge on any atom is 0.250 e. The van der Waals surface area contributed by atoms with Gasteiger partial charge in [-0.25, -0.2) is 8.78 Å². The number of likely N-dealkylation sites (tertiary alicyclic amines) is 1. The Hall–Kier alpha value is -2.18. The molecule has 1 saturated heterocycles. The normalized spacial score (nSPS) is 22.8. The van der Waals surface area contributed by atoms with Crippen LogP contribution in [0, 0.1) is 5.92 Å². The van der Waals surface area contributed by atoms with Crippen LogP contribution < -0.4 is 10.6 Å². The number of hydrogen-bond acceptors (Lipinski definition) is 4. The Balaban J connectivity index is 1.77. The Kier molecular flexibility index (Phi) is 10.1. The molecule has 2 aliphatic heterocycles. The van der Waals surface area contributed by atoms with Crippen molar-refractivity contribution in [2.45, 2.75) is 64.3 Å². The van der Waals surface area contributed by atoms with Crippen molar-refractivity contribution in [3.8, 4) is 0 Å². The molecule has 1 fully saturated rings. The molecular weight excluding hydrogens is 454 g/mol. The second-order valence-corrected chi connectivity index (χ2v) is 10.5. The van der Waals surface area contributed by atoms with Crippen molar-refractivity contribution < 1.29 is 8.78 Å². The third-order valence-corrected chi connectivity index (χ3v) is 7.97. The summed E-state index contributed by atoms with van der Waals surface area (Å²) in [6.07, 6.45) is 8.56.